The van der Waals surface area contributed by atoms with Gasteiger partial charge in [0.2, 0.25) is 0 Å². The summed E-state index contributed by atoms with van der Waals surface area (Å²) in [6, 6.07) is 6.16. The minimum Gasteiger partial charge on any atom is -0.487 e. The lowest BCUT2D eigenvalue weighted by molar-refractivity contribution is -0.147. The minimum absolute atomic E-state index is 0.0350. The van der Waals surface area contributed by atoms with Gasteiger partial charge in [0.25, 0.3) is 0 Å². The van der Waals surface area contributed by atoms with E-state index in [-0.39, 0.29) is 36.9 Å². The second kappa shape index (κ2) is 9.94. The van der Waals surface area contributed by atoms with E-state index in [1.54, 1.807) is 0 Å². The zero-order valence-corrected chi connectivity index (χ0v) is 17.6. The monoisotopic (exact) mass is 439 g/mol. The van der Waals surface area contributed by atoms with Gasteiger partial charge in [-0.15, -0.1) is 0 Å². The smallest absolute Gasteiger partial charge is 0.387 e. The number of carboxylic acid groups (broad SMARTS) is 2. The maximum absolute atomic E-state index is 12.9. The molecule has 7 nitrogen and oxygen atoms in total. The number of hydrogen-bond donors (Lipinski definition) is 2. The third-order valence-electron chi connectivity index (χ3n) is 5.61. The Labute approximate surface area is 179 Å². The van der Waals surface area contributed by atoms with Crippen LogP contribution in [0.1, 0.15) is 64.4 Å². The van der Waals surface area contributed by atoms with E-state index in [0.717, 1.165) is 25.7 Å². The highest BCUT2D eigenvalue weighted by atomic mass is 19.3. The molecule has 0 radical (unpaired) electrons. The largest absolute Gasteiger partial charge is 0.487 e. The number of halogens is 2. The maximum Gasteiger partial charge on any atom is 0.387 e. The summed E-state index contributed by atoms with van der Waals surface area (Å²) in [6.45, 7) is -0.172. The van der Waals surface area contributed by atoms with E-state index < -0.39 is 29.4 Å². The molecular formula is C22H27F2NO6. The van der Waals surface area contributed by atoms with E-state index in [9.17, 15) is 28.7 Å². The predicted molar refractivity (Wildman–Crippen MR) is 106 cm³/mol. The number of benzene rings is 1. The minimum atomic E-state index is -3.07. The molecule has 0 saturated heterocycles. The Bertz CT molecular complexity index is 845. The number of hydrogen-bond acceptors (Lipinski definition) is 5. The van der Waals surface area contributed by atoms with E-state index in [2.05, 4.69) is 10.8 Å². The van der Waals surface area contributed by atoms with Gasteiger partial charge < -0.3 is 19.7 Å². The molecule has 0 aliphatic heterocycles. The summed E-state index contributed by atoms with van der Waals surface area (Å²) in [5.74, 6) is -2.42. The average molecular weight is 439 g/mol. The van der Waals surface area contributed by atoms with E-state index >= 15 is 0 Å². The first-order chi connectivity index (χ1) is 14.5. The number of nitriles is 1. The van der Waals surface area contributed by atoms with Crippen LogP contribution < -0.4 is 9.47 Å². The van der Waals surface area contributed by atoms with Crippen LogP contribution >= 0.6 is 0 Å². The van der Waals surface area contributed by atoms with Gasteiger partial charge in [-0.2, -0.15) is 14.0 Å². The summed E-state index contributed by atoms with van der Waals surface area (Å²) >= 11 is 0. The number of alkyl halides is 2. The first kappa shape index (κ1) is 24.4. The van der Waals surface area contributed by atoms with E-state index in [0.29, 0.717) is 5.56 Å². The summed E-state index contributed by atoms with van der Waals surface area (Å²) in [5.41, 5.74) is -2.50. The summed E-state index contributed by atoms with van der Waals surface area (Å²) < 4.78 is 36.2. The molecule has 1 aliphatic carbocycles. The molecule has 2 N–H and O–H groups in total. The molecular weight excluding hydrogens is 412 g/mol. The topological polar surface area (TPSA) is 117 Å². The van der Waals surface area contributed by atoms with Crippen molar-refractivity contribution in [3.05, 3.63) is 23.8 Å². The summed E-state index contributed by atoms with van der Waals surface area (Å²) in [6.07, 6.45) is 2.55. The molecule has 0 spiro atoms. The summed E-state index contributed by atoms with van der Waals surface area (Å²) in [7, 11) is 0. The van der Waals surface area contributed by atoms with Crippen LogP contribution in [0.5, 0.6) is 11.5 Å². The Kier molecular flexibility index (Phi) is 7.82. The van der Waals surface area contributed by atoms with Crippen LogP contribution in [-0.4, -0.2) is 34.9 Å². The zero-order chi connectivity index (χ0) is 23.2. The number of carboxylic acids is 2. The Morgan fingerprint density at radius 3 is 2.39 bits per heavy atom. The van der Waals surface area contributed by atoms with Crippen LogP contribution in [-0.2, 0) is 15.0 Å². The van der Waals surface area contributed by atoms with Crippen molar-refractivity contribution in [2.75, 3.05) is 0 Å². The molecule has 1 unspecified atom stereocenters. The van der Waals surface area contributed by atoms with Crippen molar-refractivity contribution in [2.45, 2.75) is 76.9 Å². The Balaban J connectivity index is 2.53. The predicted octanol–water partition coefficient (Wildman–Crippen LogP) is 4.74. The van der Waals surface area contributed by atoms with Crippen LogP contribution in [0.15, 0.2) is 18.2 Å². The number of rotatable bonds is 11. The molecule has 1 aromatic rings. The van der Waals surface area contributed by atoms with Gasteiger partial charge in [0.05, 0.1) is 23.0 Å². The second-order valence-corrected chi connectivity index (χ2v) is 8.52. The second-order valence-electron chi connectivity index (χ2n) is 8.52. The Morgan fingerprint density at radius 1 is 1.23 bits per heavy atom. The Morgan fingerprint density at radius 2 is 1.87 bits per heavy atom. The van der Waals surface area contributed by atoms with Crippen LogP contribution in [0.3, 0.4) is 0 Å². The first-order valence-electron chi connectivity index (χ1n) is 10.1. The van der Waals surface area contributed by atoms with Crippen molar-refractivity contribution in [1.29, 1.82) is 5.26 Å². The van der Waals surface area contributed by atoms with Gasteiger partial charge in [-0.05, 0) is 70.1 Å². The van der Waals surface area contributed by atoms with Crippen molar-refractivity contribution >= 4 is 11.9 Å². The number of ether oxygens (including phenoxy) is 2. The molecule has 2 rings (SSSR count). The van der Waals surface area contributed by atoms with Crippen LogP contribution in [0, 0.1) is 16.7 Å². The summed E-state index contributed by atoms with van der Waals surface area (Å²) in [5, 5.41) is 28.8. The molecule has 9 heteroatoms. The van der Waals surface area contributed by atoms with Gasteiger partial charge in [-0.1, -0.05) is 6.07 Å². The highest BCUT2D eigenvalue weighted by Crippen LogP contribution is 2.44. The molecule has 1 fully saturated rings. The molecule has 0 aromatic heterocycles. The molecule has 170 valence electrons. The first-order valence-corrected chi connectivity index (χ1v) is 10.1. The molecule has 0 amide bonds. The van der Waals surface area contributed by atoms with Crippen molar-refractivity contribution < 1.29 is 38.1 Å². The molecule has 1 aromatic carbocycles. The van der Waals surface area contributed by atoms with Crippen LogP contribution in [0.25, 0.3) is 0 Å². The molecule has 1 saturated carbocycles. The molecule has 1 aliphatic rings. The van der Waals surface area contributed by atoms with Crippen molar-refractivity contribution in [3.8, 4) is 17.6 Å². The fraction of sp³-hybridized carbons (Fsp3) is 0.591. The summed E-state index contributed by atoms with van der Waals surface area (Å²) in [4.78, 5) is 22.9. The van der Waals surface area contributed by atoms with E-state index in [1.165, 1.54) is 32.0 Å². The zero-order valence-electron chi connectivity index (χ0n) is 17.6. The maximum atomic E-state index is 12.9. The average Bonchev–Trinajstić information content (AvgIpc) is 3.19. The van der Waals surface area contributed by atoms with E-state index in [4.69, 9.17) is 9.84 Å². The van der Waals surface area contributed by atoms with Gasteiger partial charge in [0.15, 0.2) is 11.5 Å². The third-order valence-corrected chi connectivity index (χ3v) is 5.61. The molecule has 0 heterocycles. The van der Waals surface area contributed by atoms with Gasteiger partial charge >= 0.3 is 18.6 Å². The van der Waals surface area contributed by atoms with Crippen LogP contribution in [0.4, 0.5) is 8.78 Å². The normalized spacial score (nSPS) is 16.5. The van der Waals surface area contributed by atoms with Crippen molar-refractivity contribution in [3.63, 3.8) is 0 Å². The fourth-order valence-corrected chi connectivity index (χ4v) is 3.92. The molecule has 31 heavy (non-hydrogen) atoms. The molecule has 1 atom stereocenters. The number of aliphatic carboxylic acids is 2. The van der Waals surface area contributed by atoms with Gasteiger partial charge in [0.1, 0.15) is 0 Å². The lowest BCUT2D eigenvalue weighted by Crippen LogP contribution is -2.36. The molecule has 0 bridgehead atoms. The lowest BCUT2D eigenvalue weighted by atomic mass is 9.67. The standard InChI is InChI=1S/C22H27F2NO6/c1-21(2,19(28)29)12-22(13-25,10-9-18(26)27)14-7-8-16(31-20(23)24)17(11-14)30-15-5-3-4-6-15/h7-8,11,15,20H,3-6,9-10,12H2,1-2H3,(H,26,27)(H,28,29). The van der Waals surface area contributed by atoms with Gasteiger partial charge in [-0.3, -0.25) is 9.59 Å². The Hall–Kier alpha value is -2.89. The van der Waals surface area contributed by atoms with Crippen molar-refractivity contribution in [1.82, 2.24) is 0 Å². The quantitative estimate of drug-likeness (QED) is 0.511. The van der Waals surface area contributed by atoms with E-state index in [1.807, 2.05) is 0 Å². The number of nitrogens with zero attached hydrogens (tertiary/aromatic N) is 1. The lowest BCUT2D eigenvalue weighted by Gasteiger charge is -2.33. The fourth-order valence-electron chi connectivity index (χ4n) is 3.92. The third kappa shape index (κ3) is 6.29. The number of carbonyl (C=O) groups is 2. The van der Waals surface area contributed by atoms with Gasteiger partial charge in [-0.25, -0.2) is 0 Å². The van der Waals surface area contributed by atoms with Crippen LogP contribution in [0.2, 0.25) is 0 Å². The van der Waals surface area contributed by atoms with Gasteiger partial charge in [0, 0.05) is 6.42 Å². The SMILES string of the molecule is CC(C)(CC(C#N)(CCC(=O)O)c1ccc(OC(F)F)c(OC2CCCC2)c1)C(=O)O. The van der Waals surface area contributed by atoms with Crippen molar-refractivity contribution in [2.24, 2.45) is 5.41 Å². The highest BCUT2D eigenvalue weighted by molar-refractivity contribution is 5.74. The highest BCUT2D eigenvalue weighted by Gasteiger charge is 2.42.